The van der Waals surface area contributed by atoms with Crippen LogP contribution in [0, 0.1) is 0 Å². The third kappa shape index (κ3) is 4.00. The van der Waals surface area contributed by atoms with Gasteiger partial charge in [0.15, 0.2) is 0 Å². The van der Waals surface area contributed by atoms with Crippen molar-refractivity contribution < 1.29 is 27.5 Å². The summed E-state index contributed by atoms with van der Waals surface area (Å²) >= 11 is 0. The molecule has 2 aromatic heterocycles. The van der Waals surface area contributed by atoms with Crippen LogP contribution in [0.15, 0.2) is 30.5 Å². The lowest BCUT2D eigenvalue weighted by molar-refractivity contribution is -0.141. The first-order valence-electron chi connectivity index (χ1n) is 11.4. The molecule has 1 fully saturated rings. The molecule has 2 amide bonds. The summed E-state index contributed by atoms with van der Waals surface area (Å²) in [6.07, 6.45) is -1.78. The summed E-state index contributed by atoms with van der Waals surface area (Å²) in [5, 5.41) is 2.91. The van der Waals surface area contributed by atoms with Gasteiger partial charge in [-0.15, -0.1) is 0 Å². The Bertz CT molecular complexity index is 1170. The molecule has 1 aliphatic carbocycles. The van der Waals surface area contributed by atoms with Crippen LogP contribution in [0.25, 0.3) is 0 Å². The fourth-order valence-corrected chi connectivity index (χ4v) is 5.05. The van der Waals surface area contributed by atoms with Crippen molar-refractivity contribution >= 4 is 11.8 Å². The minimum absolute atomic E-state index is 0.113. The lowest BCUT2D eigenvalue weighted by atomic mass is 10.0. The predicted octanol–water partition coefficient (Wildman–Crippen LogP) is 3.64. The molecule has 0 saturated carbocycles. The number of halogens is 3. The zero-order valence-corrected chi connectivity index (χ0v) is 18.6. The van der Waals surface area contributed by atoms with Gasteiger partial charge in [-0.1, -0.05) is 12.6 Å². The van der Waals surface area contributed by atoms with Gasteiger partial charge in [-0.3, -0.25) is 9.59 Å². The Balaban J connectivity index is 1.33. The molecule has 4 heterocycles. The minimum Gasteiger partial charge on any atom is -0.373 e. The Hall–Kier alpha value is -3.14. The molecular weight excluding hydrogens is 449 g/mol. The van der Waals surface area contributed by atoms with Gasteiger partial charge in [0.1, 0.15) is 11.4 Å². The molecule has 7 nitrogen and oxygen atoms in total. The molecule has 0 aromatic carbocycles. The highest BCUT2D eigenvalue weighted by Crippen LogP contribution is 2.35. The van der Waals surface area contributed by atoms with Gasteiger partial charge in [0.05, 0.1) is 24.5 Å². The van der Waals surface area contributed by atoms with Crippen molar-refractivity contribution in [3.8, 4) is 0 Å². The van der Waals surface area contributed by atoms with Crippen molar-refractivity contribution in [3.63, 3.8) is 0 Å². The van der Waals surface area contributed by atoms with E-state index in [9.17, 15) is 22.8 Å². The van der Waals surface area contributed by atoms with E-state index < -0.39 is 11.9 Å². The number of aromatic nitrogens is 2. The maximum Gasteiger partial charge on any atom is 0.433 e. The zero-order chi connectivity index (χ0) is 24.0. The van der Waals surface area contributed by atoms with Crippen LogP contribution in [0.2, 0.25) is 0 Å². The summed E-state index contributed by atoms with van der Waals surface area (Å²) in [6.45, 7) is 6.02. The molecular formula is C24H25F3N4O3. The van der Waals surface area contributed by atoms with E-state index in [0.29, 0.717) is 55.2 Å². The lowest BCUT2D eigenvalue weighted by Gasteiger charge is -2.22. The second-order valence-corrected chi connectivity index (χ2v) is 8.90. The van der Waals surface area contributed by atoms with Gasteiger partial charge in [0, 0.05) is 36.9 Å². The van der Waals surface area contributed by atoms with Crippen molar-refractivity contribution in [3.05, 3.63) is 64.4 Å². The molecule has 2 aromatic rings. The number of carbonyl (C=O) groups is 2. The van der Waals surface area contributed by atoms with Crippen LogP contribution in [-0.4, -0.2) is 46.0 Å². The average molecular weight is 474 g/mol. The van der Waals surface area contributed by atoms with Gasteiger partial charge in [0.25, 0.3) is 11.8 Å². The molecule has 2 aliphatic heterocycles. The number of rotatable bonds is 4. The van der Waals surface area contributed by atoms with E-state index in [2.05, 4.69) is 16.9 Å². The third-order valence-corrected chi connectivity index (χ3v) is 6.82. The summed E-state index contributed by atoms with van der Waals surface area (Å²) in [4.78, 5) is 31.7. The number of aryl methyl sites for hydroxylation is 1. The van der Waals surface area contributed by atoms with Crippen LogP contribution in [0.5, 0.6) is 0 Å². The quantitative estimate of drug-likeness (QED) is 0.734. The van der Waals surface area contributed by atoms with E-state index >= 15 is 0 Å². The van der Waals surface area contributed by atoms with E-state index in [0.717, 1.165) is 30.2 Å². The van der Waals surface area contributed by atoms with Gasteiger partial charge >= 0.3 is 6.18 Å². The van der Waals surface area contributed by atoms with Crippen molar-refractivity contribution in [1.82, 2.24) is 19.8 Å². The van der Waals surface area contributed by atoms with E-state index in [1.54, 1.807) is 11.0 Å². The molecule has 1 saturated heterocycles. The number of likely N-dealkylation sites (tertiary alicyclic amines) is 1. The van der Waals surface area contributed by atoms with Crippen molar-refractivity contribution in [2.45, 2.75) is 50.9 Å². The number of ether oxygens (including phenoxy) is 1. The Morgan fingerprint density at radius 2 is 2.06 bits per heavy atom. The van der Waals surface area contributed by atoms with Gasteiger partial charge < -0.3 is 19.5 Å². The highest BCUT2D eigenvalue weighted by Gasteiger charge is 2.35. The SMILES string of the molecule is C=C1CCCN1C(=O)c1cc(C(=O)NCC2CCc3nc(C(F)(F)F)ccc32)c2n1CCOC2. The van der Waals surface area contributed by atoms with Gasteiger partial charge in [-0.25, -0.2) is 4.98 Å². The van der Waals surface area contributed by atoms with Gasteiger partial charge in [-0.05, 0) is 43.4 Å². The fourth-order valence-electron chi connectivity index (χ4n) is 5.05. The topological polar surface area (TPSA) is 76.5 Å². The zero-order valence-electron chi connectivity index (χ0n) is 18.6. The molecule has 5 rings (SSSR count). The molecule has 1 unspecified atom stereocenters. The molecule has 0 bridgehead atoms. The normalized spacial score (nSPS) is 19.8. The predicted molar refractivity (Wildman–Crippen MR) is 116 cm³/mol. The largest absolute Gasteiger partial charge is 0.433 e. The molecule has 1 atom stereocenters. The second kappa shape index (κ2) is 8.57. The molecule has 3 aliphatic rings. The van der Waals surface area contributed by atoms with E-state index in [1.165, 1.54) is 6.07 Å². The first-order valence-corrected chi connectivity index (χ1v) is 11.4. The number of amides is 2. The standard InChI is InChI=1S/C24H25F3N4O3/c1-14-3-2-8-30(14)23(33)19-11-17(20-13-34-10-9-31(19)20)22(32)28-12-15-4-6-18-16(15)5-7-21(29-18)24(25,26)27/h5,7,11,15H,1-4,6,8-10,12-13H2,(H,28,32). The van der Waals surface area contributed by atoms with Gasteiger partial charge in [-0.2, -0.15) is 13.2 Å². The monoisotopic (exact) mass is 474 g/mol. The molecule has 1 N–H and O–H groups in total. The smallest absolute Gasteiger partial charge is 0.373 e. The number of alkyl halides is 3. The maximum absolute atomic E-state index is 13.2. The lowest BCUT2D eigenvalue weighted by Crippen LogP contribution is -2.30. The maximum atomic E-state index is 13.2. The highest BCUT2D eigenvalue weighted by atomic mass is 19.4. The number of fused-ring (bicyclic) bond motifs is 2. The van der Waals surface area contributed by atoms with Crippen LogP contribution >= 0.6 is 0 Å². The molecule has 0 spiro atoms. The summed E-state index contributed by atoms with van der Waals surface area (Å²) < 4.78 is 46.2. The van der Waals surface area contributed by atoms with Crippen LogP contribution < -0.4 is 5.32 Å². The van der Waals surface area contributed by atoms with Crippen molar-refractivity contribution in [2.75, 3.05) is 19.7 Å². The van der Waals surface area contributed by atoms with Crippen LogP contribution in [0.3, 0.4) is 0 Å². The first kappa shape index (κ1) is 22.6. The van der Waals surface area contributed by atoms with Gasteiger partial charge in [0.2, 0.25) is 0 Å². The number of nitrogens with one attached hydrogen (secondary N) is 1. The Labute approximate surface area is 194 Å². The first-order chi connectivity index (χ1) is 16.2. The minimum atomic E-state index is -4.48. The third-order valence-electron chi connectivity index (χ3n) is 6.82. The van der Waals surface area contributed by atoms with Crippen LogP contribution in [-0.2, 0) is 30.5 Å². The number of allylic oxidation sites excluding steroid dienone is 1. The number of hydrogen-bond acceptors (Lipinski definition) is 4. The van der Waals surface area contributed by atoms with Crippen molar-refractivity contribution in [1.29, 1.82) is 0 Å². The summed E-state index contributed by atoms with van der Waals surface area (Å²) in [5.41, 5.74) is 2.54. The Morgan fingerprint density at radius 1 is 1.24 bits per heavy atom. The summed E-state index contributed by atoms with van der Waals surface area (Å²) in [5.74, 6) is -0.611. The van der Waals surface area contributed by atoms with E-state index in [1.807, 2.05) is 4.57 Å². The number of hydrogen-bond donors (Lipinski definition) is 1. The Morgan fingerprint density at radius 3 is 2.79 bits per heavy atom. The highest BCUT2D eigenvalue weighted by molar-refractivity contribution is 6.01. The Kier molecular flexibility index (Phi) is 5.71. The number of carbonyl (C=O) groups excluding carboxylic acids is 2. The summed E-state index contributed by atoms with van der Waals surface area (Å²) in [6, 6.07) is 4.07. The van der Waals surface area contributed by atoms with Crippen molar-refractivity contribution in [2.24, 2.45) is 0 Å². The second-order valence-electron chi connectivity index (χ2n) is 8.90. The molecule has 180 valence electrons. The summed E-state index contributed by atoms with van der Waals surface area (Å²) in [7, 11) is 0. The van der Waals surface area contributed by atoms with E-state index in [4.69, 9.17) is 4.74 Å². The average Bonchev–Trinajstić information content (AvgIpc) is 3.52. The van der Waals surface area contributed by atoms with Crippen LogP contribution in [0.4, 0.5) is 13.2 Å². The van der Waals surface area contributed by atoms with E-state index in [-0.39, 0.29) is 30.9 Å². The molecule has 10 heteroatoms. The number of pyridine rings is 1. The number of nitrogens with zero attached hydrogens (tertiary/aromatic N) is 3. The fraction of sp³-hybridized carbons (Fsp3) is 0.458. The van der Waals surface area contributed by atoms with Crippen LogP contribution in [0.1, 0.15) is 68.7 Å². The molecule has 0 radical (unpaired) electrons. The molecule has 34 heavy (non-hydrogen) atoms.